The molecule has 31 heavy (non-hydrogen) atoms. The molecule has 0 aliphatic heterocycles. The molecule has 0 N–H and O–H groups in total. The van der Waals surface area contributed by atoms with Crippen LogP contribution in [0.3, 0.4) is 0 Å². The van der Waals surface area contributed by atoms with Gasteiger partial charge in [0.2, 0.25) is 0 Å². The van der Waals surface area contributed by atoms with Crippen molar-refractivity contribution in [1.82, 2.24) is 0 Å². The Morgan fingerprint density at radius 3 is 1.26 bits per heavy atom. The van der Waals surface area contributed by atoms with E-state index in [2.05, 4.69) is 24.3 Å². The summed E-state index contributed by atoms with van der Waals surface area (Å²) in [7, 11) is 0. The lowest BCUT2D eigenvalue weighted by Crippen LogP contribution is -2.23. The summed E-state index contributed by atoms with van der Waals surface area (Å²) >= 11 is 0. The highest BCUT2D eigenvalue weighted by Crippen LogP contribution is 2.44. The summed E-state index contributed by atoms with van der Waals surface area (Å²) in [5.74, 6) is 1.79. The van der Waals surface area contributed by atoms with Crippen LogP contribution in [0.15, 0.2) is 24.3 Å². The van der Waals surface area contributed by atoms with Crippen LogP contribution in [-0.2, 0) is 33.3 Å². The number of hydrogen-bond donors (Lipinski definition) is 0. The van der Waals surface area contributed by atoms with E-state index in [1.54, 1.807) is 0 Å². The fourth-order valence-electron chi connectivity index (χ4n) is 5.26. The Labute approximate surface area is 184 Å². The minimum Gasteiger partial charge on any atom is -0.463 e. The van der Waals surface area contributed by atoms with Gasteiger partial charge in [-0.3, -0.25) is 9.59 Å². The van der Waals surface area contributed by atoms with Crippen LogP contribution in [0.5, 0.6) is 0 Å². The number of fused-ring (bicyclic) bond motifs is 4. The van der Waals surface area contributed by atoms with Gasteiger partial charge < -0.3 is 23.7 Å². The van der Waals surface area contributed by atoms with E-state index in [0.29, 0.717) is 63.3 Å². The van der Waals surface area contributed by atoms with Crippen molar-refractivity contribution in [2.24, 2.45) is 35.5 Å². The molecule has 0 saturated heterocycles. The monoisotopic (exact) mass is 434 g/mol. The van der Waals surface area contributed by atoms with Crippen molar-refractivity contribution in [3.8, 4) is 0 Å². The number of hydrogen-bond acceptors (Lipinski definition) is 7. The topological polar surface area (TPSA) is 80.3 Å². The number of allylic oxidation sites excluding steroid dienone is 4. The van der Waals surface area contributed by atoms with Crippen LogP contribution in [0, 0.1) is 35.5 Å². The third-order valence-corrected chi connectivity index (χ3v) is 6.85. The molecule has 0 aromatic heterocycles. The van der Waals surface area contributed by atoms with Gasteiger partial charge in [-0.2, -0.15) is 0 Å². The first kappa shape index (κ1) is 22.5. The molecule has 0 heterocycles. The summed E-state index contributed by atoms with van der Waals surface area (Å²) < 4.78 is 27.0. The predicted molar refractivity (Wildman–Crippen MR) is 112 cm³/mol. The van der Waals surface area contributed by atoms with Crippen LogP contribution in [0.1, 0.15) is 25.7 Å². The van der Waals surface area contributed by atoms with E-state index in [4.69, 9.17) is 23.7 Å². The van der Waals surface area contributed by atoms with Crippen LogP contribution < -0.4 is 0 Å². The molecule has 2 fully saturated rings. The molecular formula is C24H34O7. The molecule has 0 aromatic rings. The molecule has 0 spiro atoms. The van der Waals surface area contributed by atoms with E-state index in [1.165, 1.54) is 0 Å². The molecule has 172 valence electrons. The number of esters is 2. The number of ether oxygens (including phenoxy) is 5. The van der Waals surface area contributed by atoms with Gasteiger partial charge in [0.15, 0.2) is 0 Å². The lowest BCUT2D eigenvalue weighted by atomic mass is 9.94. The summed E-state index contributed by atoms with van der Waals surface area (Å²) in [5, 5.41) is 0. The fourth-order valence-corrected chi connectivity index (χ4v) is 5.26. The van der Waals surface area contributed by atoms with E-state index < -0.39 is 0 Å². The second kappa shape index (κ2) is 11.2. The highest BCUT2D eigenvalue weighted by Gasteiger charge is 2.41. The van der Waals surface area contributed by atoms with E-state index in [-0.39, 0.29) is 37.0 Å². The van der Waals surface area contributed by atoms with Crippen LogP contribution >= 0.6 is 0 Å². The Hall–Kier alpha value is -1.70. The summed E-state index contributed by atoms with van der Waals surface area (Å²) in [6.07, 6.45) is 12.8. The first-order valence-electron chi connectivity index (χ1n) is 11.6. The molecule has 4 aliphatic carbocycles. The molecule has 4 aliphatic rings. The van der Waals surface area contributed by atoms with Crippen LogP contribution in [0.2, 0.25) is 0 Å². The maximum absolute atomic E-state index is 12.1. The molecular weight excluding hydrogens is 400 g/mol. The van der Waals surface area contributed by atoms with Gasteiger partial charge in [0.1, 0.15) is 13.2 Å². The molecule has 6 atom stereocenters. The Morgan fingerprint density at radius 1 is 0.548 bits per heavy atom. The van der Waals surface area contributed by atoms with Gasteiger partial charge in [0, 0.05) is 0 Å². The second-order valence-electron chi connectivity index (χ2n) is 8.95. The Kier molecular flexibility index (Phi) is 8.16. The maximum atomic E-state index is 12.1. The Bertz CT molecular complexity index is 617. The van der Waals surface area contributed by atoms with Crippen LogP contribution in [-0.4, -0.2) is 64.8 Å². The maximum Gasteiger partial charge on any atom is 0.309 e. The molecule has 0 radical (unpaired) electrons. The van der Waals surface area contributed by atoms with Crippen LogP contribution in [0.25, 0.3) is 0 Å². The summed E-state index contributed by atoms with van der Waals surface area (Å²) in [6, 6.07) is 0. The normalized spacial score (nSPS) is 32.1. The van der Waals surface area contributed by atoms with Gasteiger partial charge in [0.25, 0.3) is 0 Å². The van der Waals surface area contributed by atoms with Gasteiger partial charge in [-0.1, -0.05) is 24.3 Å². The highest BCUT2D eigenvalue weighted by atomic mass is 16.6. The zero-order valence-corrected chi connectivity index (χ0v) is 18.1. The molecule has 7 nitrogen and oxygen atoms in total. The number of rotatable bonds is 14. The van der Waals surface area contributed by atoms with Crippen molar-refractivity contribution in [3.63, 3.8) is 0 Å². The molecule has 0 aromatic carbocycles. The SMILES string of the molecule is O=C(OCCOCCOCCOCCOC(=O)C1CC2C=CC1C2)C1CC2C=CC1C2. The number of carbonyl (C=O) groups is 2. The molecule has 2 saturated carbocycles. The summed E-state index contributed by atoms with van der Waals surface area (Å²) in [6.45, 7) is 3.15. The van der Waals surface area contributed by atoms with Crippen molar-refractivity contribution in [2.45, 2.75) is 25.7 Å². The molecule has 6 unspecified atom stereocenters. The van der Waals surface area contributed by atoms with Crippen molar-refractivity contribution >= 4 is 11.9 Å². The minimum atomic E-state index is -0.0909. The summed E-state index contributed by atoms with van der Waals surface area (Å²) in [4.78, 5) is 24.1. The zero-order chi connectivity index (χ0) is 21.5. The van der Waals surface area contributed by atoms with Crippen molar-refractivity contribution in [3.05, 3.63) is 24.3 Å². The summed E-state index contributed by atoms with van der Waals surface area (Å²) in [5.41, 5.74) is 0. The number of carbonyl (C=O) groups excluding carboxylic acids is 2. The van der Waals surface area contributed by atoms with Crippen LogP contribution in [0.4, 0.5) is 0 Å². The molecule has 0 amide bonds. The molecule has 4 bridgehead atoms. The van der Waals surface area contributed by atoms with E-state index in [0.717, 1.165) is 25.7 Å². The largest absolute Gasteiger partial charge is 0.463 e. The molecule has 4 rings (SSSR count). The fraction of sp³-hybridized carbons (Fsp3) is 0.750. The lowest BCUT2D eigenvalue weighted by molar-refractivity contribution is -0.151. The second-order valence-corrected chi connectivity index (χ2v) is 8.95. The smallest absolute Gasteiger partial charge is 0.309 e. The Balaban J connectivity index is 0.896. The average molecular weight is 435 g/mol. The van der Waals surface area contributed by atoms with Gasteiger partial charge in [-0.25, -0.2) is 0 Å². The minimum absolute atomic E-state index is 0.0387. The van der Waals surface area contributed by atoms with Gasteiger partial charge in [-0.05, 0) is 49.4 Å². The van der Waals surface area contributed by atoms with Gasteiger partial charge in [0.05, 0.1) is 51.5 Å². The predicted octanol–water partition coefficient (Wildman–Crippen LogP) is 2.55. The van der Waals surface area contributed by atoms with E-state index in [1.807, 2.05) is 0 Å². The third kappa shape index (κ3) is 6.18. The van der Waals surface area contributed by atoms with Crippen molar-refractivity contribution in [2.75, 3.05) is 52.9 Å². The first-order chi connectivity index (χ1) is 15.2. The van der Waals surface area contributed by atoms with Crippen molar-refractivity contribution < 1.29 is 33.3 Å². The average Bonchev–Trinajstić information content (AvgIpc) is 3.58. The van der Waals surface area contributed by atoms with E-state index >= 15 is 0 Å². The van der Waals surface area contributed by atoms with Gasteiger partial charge >= 0.3 is 11.9 Å². The third-order valence-electron chi connectivity index (χ3n) is 6.85. The molecule has 7 heteroatoms. The highest BCUT2D eigenvalue weighted by molar-refractivity contribution is 5.74. The zero-order valence-electron chi connectivity index (χ0n) is 18.1. The van der Waals surface area contributed by atoms with Crippen molar-refractivity contribution in [1.29, 1.82) is 0 Å². The quantitative estimate of drug-likeness (QED) is 0.236. The first-order valence-corrected chi connectivity index (χ1v) is 11.6. The van der Waals surface area contributed by atoms with Gasteiger partial charge in [-0.15, -0.1) is 0 Å². The Morgan fingerprint density at radius 2 is 0.935 bits per heavy atom. The van der Waals surface area contributed by atoms with E-state index in [9.17, 15) is 9.59 Å². The standard InChI is InChI=1S/C24H34O7/c25-23(21-15-17-1-3-19(21)13-17)30-11-9-28-7-5-27-6-8-29-10-12-31-24(26)22-16-18-2-4-20(22)14-18/h1-4,17-22H,5-16H2. The lowest BCUT2D eigenvalue weighted by Gasteiger charge is -2.16.